The van der Waals surface area contributed by atoms with Crippen LogP contribution < -0.4 is 0 Å². The van der Waals surface area contributed by atoms with Crippen LogP contribution in [0.15, 0.2) is 60.7 Å². The van der Waals surface area contributed by atoms with E-state index in [9.17, 15) is 10.0 Å². The second-order valence-corrected chi connectivity index (χ2v) is 6.35. The normalized spacial score (nSPS) is 21.4. The number of carbonyl (C=O) groups is 1. The van der Waals surface area contributed by atoms with Crippen LogP contribution in [-0.4, -0.2) is 16.2 Å². The second kappa shape index (κ2) is 7.42. The van der Waals surface area contributed by atoms with E-state index >= 15 is 0 Å². The molecule has 3 heteroatoms. The van der Waals surface area contributed by atoms with Crippen LogP contribution in [0.4, 0.5) is 0 Å². The molecule has 120 valence electrons. The molecule has 0 spiro atoms. The van der Waals surface area contributed by atoms with Gasteiger partial charge in [-0.1, -0.05) is 60.7 Å². The number of amides is 1. The number of nitrogens with zero attached hydrogens (tertiary/aromatic N) is 1. The van der Waals surface area contributed by atoms with Gasteiger partial charge < -0.3 is 0 Å². The van der Waals surface area contributed by atoms with Crippen molar-refractivity contribution < 1.29 is 10.0 Å². The summed E-state index contributed by atoms with van der Waals surface area (Å²) >= 11 is 0. The second-order valence-electron chi connectivity index (χ2n) is 6.35. The Labute approximate surface area is 137 Å². The molecule has 0 unspecified atom stereocenters. The zero-order chi connectivity index (χ0) is 16.1. The van der Waals surface area contributed by atoms with Gasteiger partial charge in [0.2, 0.25) is 5.91 Å². The van der Waals surface area contributed by atoms with Crippen LogP contribution >= 0.6 is 0 Å². The summed E-state index contributed by atoms with van der Waals surface area (Å²) in [6.45, 7) is 0. The van der Waals surface area contributed by atoms with Crippen molar-refractivity contribution in [3.05, 3.63) is 71.8 Å². The first kappa shape index (κ1) is 15.8. The fraction of sp³-hybridized carbons (Fsp3) is 0.350. The van der Waals surface area contributed by atoms with Crippen molar-refractivity contribution in [2.45, 2.75) is 38.1 Å². The summed E-state index contributed by atoms with van der Waals surface area (Å²) in [6, 6.07) is 20.1. The van der Waals surface area contributed by atoms with Gasteiger partial charge >= 0.3 is 0 Å². The van der Waals surface area contributed by atoms with Gasteiger partial charge in [-0.3, -0.25) is 10.0 Å². The lowest BCUT2D eigenvalue weighted by atomic mass is 9.84. The summed E-state index contributed by atoms with van der Waals surface area (Å²) < 4.78 is 0. The molecule has 2 aromatic rings. The third-order valence-electron chi connectivity index (χ3n) is 4.68. The predicted molar refractivity (Wildman–Crippen MR) is 89.9 cm³/mol. The predicted octanol–water partition coefficient (Wildman–Crippen LogP) is 4.38. The molecule has 1 amide bonds. The van der Waals surface area contributed by atoms with Gasteiger partial charge in [-0.25, -0.2) is 5.06 Å². The number of rotatable bonds is 5. The van der Waals surface area contributed by atoms with E-state index in [0.29, 0.717) is 12.3 Å². The highest BCUT2D eigenvalue weighted by Crippen LogP contribution is 2.35. The van der Waals surface area contributed by atoms with Crippen LogP contribution in [0.5, 0.6) is 0 Å². The van der Waals surface area contributed by atoms with Crippen molar-refractivity contribution in [3.8, 4) is 0 Å². The summed E-state index contributed by atoms with van der Waals surface area (Å²) in [6.07, 6.45) is 4.44. The molecule has 0 aromatic heterocycles. The molecule has 1 saturated heterocycles. The Morgan fingerprint density at radius 1 is 1.00 bits per heavy atom. The number of hydrogen-bond donors (Lipinski definition) is 1. The lowest BCUT2D eigenvalue weighted by molar-refractivity contribution is -0.187. The minimum absolute atomic E-state index is 0.158. The van der Waals surface area contributed by atoms with Crippen molar-refractivity contribution in [1.82, 2.24) is 5.06 Å². The van der Waals surface area contributed by atoms with Crippen molar-refractivity contribution in [2.24, 2.45) is 5.92 Å². The fourth-order valence-electron chi connectivity index (χ4n) is 3.43. The molecule has 3 nitrogen and oxygen atoms in total. The van der Waals surface area contributed by atoms with E-state index in [-0.39, 0.29) is 11.9 Å². The Hall–Kier alpha value is -2.13. The van der Waals surface area contributed by atoms with Crippen LogP contribution in [0.25, 0.3) is 0 Å². The first-order valence-electron chi connectivity index (χ1n) is 8.34. The van der Waals surface area contributed by atoms with Gasteiger partial charge in [-0.15, -0.1) is 0 Å². The van der Waals surface area contributed by atoms with Crippen LogP contribution in [-0.2, 0) is 11.2 Å². The fourth-order valence-corrected chi connectivity index (χ4v) is 3.43. The van der Waals surface area contributed by atoms with E-state index in [1.54, 1.807) is 0 Å². The molecule has 0 bridgehead atoms. The van der Waals surface area contributed by atoms with Crippen LogP contribution in [0, 0.1) is 5.92 Å². The van der Waals surface area contributed by atoms with E-state index in [1.807, 2.05) is 36.4 Å². The van der Waals surface area contributed by atoms with Crippen molar-refractivity contribution in [3.63, 3.8) is 0 Å². The number of piperidine rings is 1. The number of carbonyl (C=O) groups excluding carboxylic acids is 1. The first-order chi connectivity index (χ1) is 11.2. The van der Waals surface area contributed by atoms with Gasteiger partial charge in [0.25, 0.3) is 0 Å². The maximum absolute atomic E-state index is 12.1. The molecule has 1 aliphatic heterocycles. The molecule has 0 aliphatic carbocycles. The highest BCUT2D eigenvalue weighted by Gasteiger charge is 2.33. The molecular weight excluding hydrogens is 286 g/mol. The standard InChI is InChI=1S/C20H23NO2/c22-20-15-17(11-7-10-16-8-3-1-4-9-16)14-19(21(20)23)18-12-5-2-6-13-18/h1-6,8-9,12-13,17,19,23H,7,10-11,14-15H2/t17-,19+/m0/s1. The minimum atomic E-state index is -0.209. The lowest BCUT2D eigenvalue weighted by Crippen LogP contribution is -2.39. The van der Waals surface area contributed by atoms with Gasteiger partial charge in [0.15, 0.2) is 0 Å². The summed E-state index contributed by atoms with van der Waals surface area (Å²) in [7, 11) is 0. The first-order valence-corrected chi connectivity index (χ1v) is 8.34. The Bertz CT molecular complexity index is 627. The van der Waals surface area contributed by atoms with Crippen LogP contribution in [0.2, 0.25) is 0 Å². The van der Waals surface area contributed by atoms with Crippen molar-refractivity contribution >= 4 is 5.91 Å². The van der Waals surface area contributed by atoms with Crippen molar-refractivity contribution in [1.29, 1.82) is 0 Å². The molecule has 1 N–H and O–H groups in total. The monoisotopic (exact) mass is 309 g/mol. The Morgan fingerprint density at radius 2 is 1.65 bits per heavy atom. The Balaban J connectivity index is 1.59. The molecule has 3 rings (SSSR count). The van der Waals surface area contributed by atoms with Gasteiger partial charge in [0.05, 0.1) is 6.04 Å². The zero-order valence-corrected chi connectivity index (χ0v) is 13.3. The zero-order valence-electron chi connectivity index (χ0n) is 13.3. The Morgan fingerprint density at radius 3 is 2.35 bits per heavy atom. The molecular formula is C20H23NO2. The maximum Gasteiger partial charge on any atom is 0.246 e. The van der Waals surface area contributed by atoms with Gasteiger partial charge in [-0.2, -0.15) is 0 Å². The highest BCUT2D eigenvalue weighted by molar-refractivity contribution is 5.76. The molecule has 1 aliphatic rings. The van der Waals surface area contributed by atoms with E-state index in [1.165, 1.54) is 5.56 Å². The molecule has 0 radical (unpaired) electrons. The van der Waals surface area contributed by atoms with E-state index < -0.39 is 0 Å². The quantitative estimate of drug-likeness (QED) is 0.833. The molecule has 2 atom stereocenters. The summed E-state index contributed by atoms with van der Waals surface area (Å²) in [4.78, 5) is 12.1. The molecule has 1 fully saturated rings. The van der Waals surface area contributed by atoms with E-state index in [2.05, 4.69) is 24.3 Å². The van der Waals surface area contributed by atoms with Crippen LogP contribution in [0.3, 0.4) is 0 Å². The number of benzene rings is 2. The third kappa shape index (κ3) is 3.99. The van der Waals surface area contributed by atoms with Gasteiger partial charge in [-0.05, 0) is 42.7 Å². The summed E-state index contributed by atoms with van der Waals surface area (Å²) in [5, 5.41) is 11.0. The average Bonchev–Trinajstić information content (AvgIpc) is 2.59. The topological polar surface area (TPSA) is 40.5 Å². The van der Waals surface area contributed by atoms with Gasteiger partial charge in [0.1, 0.15) is 0 Å². The minimum Gasteiger partial charge on any atom is -0.285 e. The van der Waals surface area contributed by atoms with E-state index in [4.69, 9.17) is 0 Å². The Kier molecular flexibility index (Phi) is 5.09. The van der Waals surface area contributed by atoms with Gasteiger partial charge in [0, 0.05) is 6.42 Å². The molecule has 2 aromatic carbocycles. The highest BCUT2D eigenvalue weighted by atomic mass is 16.5. The molecule has 23 heavy (non-hydrogen) atoms. The summed E-state index contributed by atoms with van der Waals surface area (Å²) in [5.74, 6) is 0.189. The number of hydrogen-bond acceptors (Lipinski definition) is 2. The van der Waals surface area contributed by atoms with Crippen LogP contribution in [0.1, 0.15) is 42.9 Å². The lowest BCUT2D eigenvalue weighted by Gasteiger charge is -2.35. The maximum atomic E-state index is 12.1. The molecule has 0 saturated carbocycles. The largest absolute Gasteiger partial charge is 0.285 e. The molecule has 1 heterocycles. The van der Waals surface area contributed by atoms with Crippen molar-refractivity contribution in [2.75, 3.05) is 0 Å². The summed E-state index contributed by atoms with van der Waals surface area (Å²) in [5.41, 5.74) is 2.36. The SMILES string of the molecule is O=C1C[C@@H](CCCc2ccccc2)C[C@H](c2ccccc2)N1O. The third-order valence-corrected chi connectivity index (χ3v) is 4.68. The number of aryl methyl sites for hydroxylation is 1. The average molecular weight is 309 g/mol. The van der Waals surface area contributed by atoms with E-state index in [0.717, 1.165) is 36.3 Å². The smallest absolute Gasteiger partial charge is 0.246 e. The number of hydroxylamine groups is 2.